The van der Waals surface area contributed by atoms with E-state index in [-0.39, 0.29) is 5.54 Å². The summed E-state index contributed by atoms with van der Waals surface area (Å²) >= 11 is 0. The topological polar surface area (TPSA) is 12.5 Å². The van der Waals surface area contributed by atoms with Crippen LogP contribution < -0.4 is 0 Å². The second-order valence-corrected chi connectivity index (χ2v) is 6.24. The lowest BCUT2D eigenvalue weighted by Gasteiger charge is -2.43. The van der Waals surface area contributed by atoms with E-state index in [4.69, 9.17) is 4.74 Å². The second-order valence-electron chi connectivity index (χ2n) is 6.24. The summed E-state index contributed by atoms with van der Waals surface area (Å²) in [4.78, 5) is 2.61. The molecule has 0 aromatic rings. The first kappa shape index (κ1) is 13.8. The summed E-state index contributed by atoms with van der Waals surface area (Å²) < 4.78 is 5.42. The molecule has 2 heterocycles. The normalized spacial score (nSPS) is 22.9. The summed E-state index contributed by atoms with van der Waals surface area (Å²) in [5, 5.41) is 0. The fourth-order valence-electron chi connectivity index (χ4n) is 3.00. The van der Waals surface area contributed by atoms with Gasteiger partial charge in [-0.1, -0.05) is 31.6 Å². The molecule has 0 amide bonds. The van der Waals surface area contributed by atoms with Crippen molar-refractivity contribution in [1.29, 1.82) is 0 Å². The van der Waals surface area contributed by atoms with Crippen LogP contribution in [0.25, 0.3) is 0 Å². The van der Waals surface area contributed by atoms with E-state index < -0.39 is 0 Å². The average molecular weight is 249 g/mol. The molecule has 18 heavy (non-hydrogen) atoms. The standard InChI is InChI=1S/C16H27NO/c1-13(2)14-5-9-17(10-6-14)16(3,4)15-7-11-18-12-8-15/h5,7,13H,6,8-12H2,1-4H3. The minimum atomic E-state index is 0.183. The number of hydrogen-bond acceptors (Lipinski definition) is 2. The summed E-state index contributed by atoms with van der Waals surface area (Å²) in [6.07, 6.45) is 7.04. The molecule has 102 valence electrons. The van der Waals surface area contributed by atoms with Gasteiger partial charge in [-0.3, -0.25) is 4.90 Å². The predicted octanol–water partition coefficient (Wildman–Crippen LogP) is 3.40. The summed E-state index contributed by atoms with van der Waals surface area (Å²) in [5.74, 6) is 0.706. The zero-order valence-electron chi connectivity index (χ0n) is 12.3. The van der Waals surface area contributed by atoms with Crippen LogP contribution in [-0.4, -0.2) is 36.7 Å². The molecule has 0 saturated carbocycles. The molecule has 0 spiro atoms. The molecule has 0 bridgehead atoms. The van der Waals surface area contributed by atoms with Crippen molar-refractivity contribution in [1.82, 2.24) is 4.90 Å². The minimum Gasteiger partial charge on any atom is -0.377 e. The van der Waals surface area contributed by atoms with Gasteiger partial charge < -0.3 is 4.74 Å². The number of rotatable bonds is 3. The fourth-order valence-corrected chi connectivity index (χ4v) is 3.00. The SMILES string of the molecule is CC(C)C1=CCN(C(C)(C)C2=CCOCC2)CC1. The number of hydrogen-bond donors (Lipinski definition) is 0. The molecule has 0 unspecified atom stereocenters. The van der Waals surface area contributed by atoms with E-state index in [1.54, 1.807) is 11.1 Å². The molecule has 0 N–H and O–H groups in total. The smallest absolute Gasteiger partial charge is 0.0650 e. The highest BCUT2D eigenvalue weighted by Gasteiger charge is 2.32. The Morgan fingerprint density at radius 2 is 2.00 bits per heavy atom. The highest BCUT2D eigenvalue weighted by atomic mass is 16.5. The Kier molecular flexibility index (Phi) is 4.29. The molecule has 2 aliphatic rings. The Bertz CT molecular complexity index is 352. The van der Waals surface area contributed by atoms with Gasteiger partial charge in [0.05, 0.1) is 13.2 Å². The Morgan fingerprint density at radius 3 is 2.50 bits per heavy atom. The van der Waals surface area contributed by atoms with Gasteiger partial charge in [0.2, 0.25) is 0 Å². The van der Waals surface area contributed by atoms with E-state index >= 15 is 0 Å². The van der Waals surface area contributed by atoms with Gasteiger partial charge in [-0.05, 0) is 38.2 Å². The maximum Gasteiger partial charge on any atom is 0.0650 e. The van der Waals surface area contributed by atoms with Gasteiger partial charge in [0.15, 0.2) is 0 Å². The van der Waals surface area contributed by atoms with Gasteiger partial charge in [-0.15, -0.1) is 0 Å². The highest BCUT2D eigenvalue weighted by molar-refractivity contribution is 5.22. The lowest BCUT2D eigenvalue weighted by atomic mass is 9.86. The van der Waals surface area contributed by atoms with Gasteiger partial charge in [0.25, 0.3) is 0 Å². The predicted molar refractivity (Wildman–Crippen MR) is 76.7 cm³/mol. The first-order valence-corrected chi connectivity index (χ1v) is 7.23. The first-order chi connectivity index (χ1) is 8.51. The van der Waals surface area contributed by atoms with Crippen molar-refractivity contribution in [3.05, 3.63) is 23.3 Å². The second kappa shape index (κ2) is 5.58. The molecule has 2 rings (SSSR count). The fraction of sp³-hybridized carbons (Fsp3) is 0.750. The highest BCUT2D eigenvalue weighted by Crippen LogP contribution is 2.31. The molecule has 2 aliphatic heterocycles. The van der Waals surface area contributed by atoms with Crippen LogP contribution in [-0.2, 0) is 4.74 Å². The maximum atomic E-state index is 5.42. The van der Waals surface area contributed by atoms with Gasteiger partial charge in [0.1, 0.15) is 0 Å². The number of ether oxygens (including phenoxy) is 1. The van der Waals surface area contributed by atoms with Crippen molar-refractivity contribution in [2.24, 2.45) is 5.92 Å². The van der Waals surface area contributed by atoms with E-state index in [0.29, 0.717) is 5.92 Å². The average Bonchev–Trinajstić information content (AvgIpc) is 2.40. The van der Waals surface area contributed by atoms with Crippen LogP contribution in [0.4, 0.5) is 0 Å². The van der Waals surface area contributed by atoms with Crippen molar-refractivity contribution < 1.29 is 4.74 Å². The molecule has 0 atom stereocenters. The van der Waals surface area contributed by atoms with Crippen molar-refractivity contribution in [3.63, 3.8) is 0 Å². The van der Waals surface area contributed by atoms with Crippen LogP contribution in [0.1, 0.15) is 40.5 Å². The van der Waals surface area contributed by atoms with Crippen molar-refractivity contribution in [2.75, 3.05) is 26.3 Å². The third kappa shape index (κ3) is 2.86. The zero-order valence-corrected chi connectivity index (χ0v) is 12.3. The summed E-state index contributed by atoms with van der Waals surface area (Å²) in [6.45, 7) is 13.3. The van der Waals surface area contributed by atoms with Gasteiger partial charge >= 0.3 is 0 Å². The van der Waals surface area contributed by atoms with Crippen LogP contribution in [0.5, 0.6) is 0 Å². The minimum absolute atomic E-state index is 0.183. The molecule has 0 radical (unpaired) electrons. The molecule has 0 saturated heterocycles. The van der Waals surface area contributed by atoms with Crippen LogP contribution >= 0.6 is 0 Å². The molecule has 2 nitrogen and oxygen atoms in total. The first-order valence-electron chi connectivity index (χ1n) is 7.23. The lowest BCUT2D eigenvalue weighted by Crippen LogP contribution is -2.48. The lowest BCUT2D eigenvalue weighted by molar-refractivity contribution is 0.118. The van der Waals surface area contributed by atoms with E-state index in [0.717, 1.165) is 26.2 Å². The van der Waals surface area contributed by atoms with Crippen molar-refractivity contribution in [3.8, 4) is 0 Å². The Balaban J connectivity index is 2.06. The quantitative estimate of drug-likeness (QED) is 0.711. The third-order valence-electron chi connectivity index (χ3n) is 4.53. The Hall–Kier alpha value is -0.600. The van der Waals surface area contributed by atoms with E-state index in [2.05, 4.69) is 44.7 Å². The van der Waals surface area contributed by atoms with Crippen LogP contribution in [0.2, 0.25) is 0 Å². The van der Waals surface area contributed by atoms with Crippen LogP contribution in [0.3, 0.4) is 0 Å². The van der Waals surface area contributed by atoms with E-state index in [9.17, 15) is 0 Å². The molecule has 0 aliphatic carbocycles. The van der Waals surface area contributed by atoms with Gasteiger partial charge in [0, 0.05) is 18.6 Å². The summed E-state index contributed by atoms with van der Waals surface area (Å²) in [6, 6.07) is 0. The summed E-state index contributed by atoms with van der Waals surface area (Å²) in [5.41, 5.74) is 3.36. The maximum absolute atomic E-state index is 5.42. The molecular formula is C16H27NO. The summed E-state index contributed by atoms with van der Waals surface area (Å²) in [7, 11) is 0. The van der Waals surface area contributed by atoms with Crippen molar-refractivity contribution >= 4 is 0 Å². The van der Waals surface area contributed by atoms with E-state index in [1.165, 1.54) is 13.0 Å². The largest absolute Gasteiger partial charge is 0.377 e. The van der Waals surface area contributed by atoms with Crippen LogP contribution in [0.15, 0.2) is 23.3 Å². The zero-order chi connectivity index (χ0) is 13.2. The van der Waals surface area contributed by atoms with Crippen LogP contribution in [0, 0.1) is 5.92 Å². The van der Waals surface area contributed by atoms with Crippen molar-refractivity contribution in [2.45, 2.75) is 46.1 Å². The van der Waals surface area contributed by atoms with Gasteiger partial charge in [-0.25, -0.2) is 0 Å². The molecule has 0 fully saturated rings. The molecule has 2 heteroatoms. The Morgan fingerprint density at radius 1 is 1.22 bits per heavy atom. The van der Waals surface area contributed by atoms with E-state index in [1.807, 2.05) is 0 Å². The molecule has 0 aromatic heterocycles. The Labute approximate surface area is 112 Å². The molecule has 0 aromatic carbocycles. The monoisotopic (exact) mass is 249 g/mol. The third-order valence-corrected chi connectivity index (χ3v) is 4.53. The van der Waals surface area contributed by atoms with Gasteiger partial charge in [-0.2, -0.15) is 0 Å². The number of nitrogens with zero attached hydrogens (tertiary/aromatic N) is 1. The molecular weight excluding hydrogens is 222 g/mol.